The molecule has 1 aliphatic heterocycles. The molecule has 0 aliphatic carbocycles. The van der Waals surface area contributed by atoms with Crippen molar-refractivity contribution >= 4 is 5.91 Å². The number of quaternary nitrogens is 1. The van der Waals surface area contributed by atoms with Crippen LogP contribution in [-0.2, 0) is 22.5 Å². The van der Waals surface area contributed by atoms with Crippen molar-refractivity contribution in [2.75, 3.05) is 34.5 Å². The normalized spacial score (nSPS) is 19.0. The highest BCUT2D eigenvalue weighted by molar-refractivity contribution is 5.77. The van der Waals surface area contributed by atoms with Crippen LogP contribution in [0.15, 0.2) is 36.4 Å². The topological polar surface area (TPSA) is 61.2 Å². The molecule has 0 fully saturated rings. The van der Waals surface area contributed by atoms with Crippen molar-refractivity contribution in [1.29, 1.82) is 0 Å². The van der Waals surface area contributed by atoms with Crippen LogP contribution in [0.4, 0.5) is 4.39 Å². The first kappa shape index (κ1) is 22.1. The highest BCUT2D eigenvalue weighted by atomic mass is 19.1. The summed E-state index contributed by atoms with van der Waals surface area (Å²) in [5.74, 6) is 0.938. The van der Waals surface area contributed by atoms with Crippen LogP contribution in [0.2, 0.25) is 0 Å². The second-order valence-corrected chi connectivity index (χ2v) is 7.60. The maximum Gasteiger partial charge on any atom is 0.246 e. The van der Waals surface area contributed by atoms with E-state index in [-0.39, 0.29) is 30.4 Å². The van der Waals surface area contributed by atoms with E-state index in [0.29, 0.717) is 23.6 Å². The van der Waals surface area contributed by atoms with E-state index in [9.17, 15) is 9.18 Å². The molecule has 2 N–H and O–H groups in total. The minimum atomic E-state index is -0.210. The van der Waals surface area contributed by atoms with Crippen molar-refractivity contribution in [1.82, 2.24) is 5.32 Å². The van der Waals surface area contributed by atoms with Crippen molar-refractivity contribution in [2.24, 2.45) is 0 Å². The lowest BCUT2D eigenvalue weighted by molar-refractivity contribution is -0.948. The minimum Gasteiger partial charge on any atom is -0.493 e. The first-order valence-electron chi connectivity index (χ1n) is 10.1. The van der Waals surface area contributed by atoms with Crippen LogP contribution in [0.25, 0.3) is 0 Å². The van der Waals surface area contributed by atoms with Gasteiger partial charge in [-0.2, -0.15) is 0 Å². The molecule has 0 radical (unpaired) electrons. The number of methoxy groups -OCH3 is 3. The van der Waals surface area contributed by atoms with Crippen LogP contribution in [0.1, 0.15) is 29.7 Å². The Labute approximate surface area is 176 Å². The van der Waals surface area contributed by atoms with Gasteiger partial charge in [-0.15, -0.1) is 0 Å². The highest BCUT2D eigenvalue weighted by Gasteiger charge is 2.37. The van der Waals surface area contributed by atoms with Crippen molar-refractivity contribution in [3.8, 4) is 11.5 Å². The maximum atomic E-state index is 14.4. The molecule has 0 saturated heterocycles. The summed E-state index contributed by atoms with van der Waals surface area (Å²) >= 11 is 0. The number of hydrogen-bond acceptors (Lipinski definition) is 4. The number of ether oxygens (including phenoxy) is 3. The Morgan fingerprint density at radius 3 is 2.57 bits per heavy atom. The van der Waals surface area contributed by atoms with Crippen molar-refractivity contribution in [2.45, 2.75) is 32.0 Å². The zero-order valence-corrected chi connectivity index (χ0v) is 18.0. The predicted molar refractivity (Wildman–Crippen MR) is 111 cm³/mol. The molecule has 7 heteroatoms. The van der Waals surface area contributed by atoms with Crippen molar-refractivity contribution in [3.05, 3.63) is 58.9 Å². The van der Waals surface area contributed by atoms with Crippen LogP contribution in [0, 0.1) is 5.82 Å². The van der Waals surface area contributed by atoms with Gasteiger partial charge >= 0.3 is 0 Å². The molecule has 1 heterocycles. The zero-order valence-electron chi connectivity index (χ0n) is 18.0. The van der Waals surface area contributed by atoms with Crippen LogP contribution in [-0.4, -0.2) is 46.4 Å². The number of amides is 1. The second-order valence-electron chi connectivity index (χ2n) is 7.60. The fraction of sp³-hybridized carbons (Fsp3) is 0.435. The number of benzene rings is 2. The zero-order chi connectivity index (χ0) is 21.7. The maximum absolute atomic E-state index is 14.4. The molecular formula is C23H30FN2O4+. The third-order valence-electron chi connectivity index (χ3n) is 5.68. The van der Waals surface area contributed by atoms with Gasteiger partial charge in [0.2, 0.25) is 5.91 Å². The van der Waals surface area contributed by atoms with Gasteiger partial charge in [0, 0.05) is 24.7 Å². The van der Waals surface area contributed by atoms with Gasteiger partial charge in [-0.05, 0) is 30.7 Å². The lowest BCUT2D eigenvalue weighted by atomic mass is 9.87. The Morgan fingerprint density at radius 1 is 1.20 bits per heavy atom. The Kier molecular flexibility index (Phi) is 7.29. The van der Waals surface area contributed by atoms with Gasteiger partial charge < -0.3 is 24.4 Å². The molecule has 1 amide bonds. The van der Waals surface area contributed by atoms with Crippen LogP contribution < -0.4 is 19.7 Å². The number of nitrogens with one attached hydrogen (secondary N) is 2. The van der Waals surface area contributed by atoms with Gasteiger partial charge in [-0.1, -0.05) is 18.2 Å². The van der Waals surface area contributed by atoms with E-state index >= 15 is 0 Å². The Morgan fingerprint density at radius 2 is 1.90 bits per heavy atom. The first-order chi connectivity index (χ1) is 14.5. The van der Waals surface area contributed by atoms with Crippen molar-refractivity contribution in [3.63, 3.8) is 0 Å². The van der Waals surface area contributed by atoms with Gasteiger partial charge in [0.05, 0.1) is 26.8 Å². The van der Waals surface area contributed by atoms with E-state index in [1.807, 2.05) is 31.2 Å². The molecule has 0 aromatic heterocycles. The van der Waals surface area contributed by atoms with Gasteiger partial charge in [-0.25, -0.2) is 4.39 Å². The average Bonchev–Trinajstić information content (AvgIpc) is 2.74. The molecule has 162 valence electrons. The molecule has 0 bridgehead atoms. The van der Waals surface area contributed by atoms with Crippen molar-refractivity contribution < 1.29 is 28.3 Å². The third-order valence-corrected chi connectivity index (χ3v) is 5.68. The SMILES string of the molecule is COCC(=O)N[C@H](C)[C@@H]1c2cc(OC)c(OC)cc2CC[NH+]1Cc1ccccc1F. The van der Waals surface area contributed by atoms with Gasteiger partial charge in [-0.3, -0.25) is 4.79 Å². The quantitative estimate of drug-likeness (QED) is 0.686. The molecule has 1 aliphatic rings. The summed E-state index contributed by atoms with van der Waals surface area (Å²) in [6.07, 6.45) is 0.828. The van der Waals surface area contributed by atoms with Gasteiger partial charge in [0.25, 0.3) is 0 Å². The third kappa shape index (κ3) is 4.74. The smallest absolute Gasteiger partial charge is 0.246 e. The predicted octanol–water partition coefficient (Wildman–Crippen LogP) is 1.68. The lowest BCUT2D eigenvalue weighted by Crippen LogP contribution is -3.13. The summed E-state index contributed by atoms with van der Waals surface area (Å²) in [7, 11) is 4.72. The van der Waals surface area contributed by atoms with E-state index < -0.39 is 0 Å². The van der Waals surface area contributed by atoms with Gasteiger partial charge in [0.1, 0.15) is 25.0 Å². The summed E-state index contributed by atoms with van der Waals surface area (Å²) in [6.45, 7) is 3.31. The number of fused-ring (bicyclic) bond motifs is 1. The number of halogens is 1. The first-order valence-corrected chi connectivity index (χ1v) is 10.1. The lowest BCUT2D eigenvalue weighted by Gasteiger charge is -2.38. The Hall–Kier alpha value is -2.64. The molecule has 0 saturated carbocycles. The van der Waals surface area contributed by atoms with E-state index in [0.717, 1.165) is 24.1 Å². The summed E-state index contributed by atoms with van der Waals surface area (Å²) in [6, 6.07) is 10.6. The van der Waals surface area contributed by atoms with Crippen LogP contribution in [0.5, 0.6) is 11.5 Å². The molecule has 2 aromatic rings. The summed E-state index contributed by atoms with van der Waals surface area (Å²) in [5.41, 5.74) is 2.90. The van der Waals surface area contributed by atoms with Crippen LogP contribution in [0.3, 0.4) is 0 Å². The summed E-state index contributed by atoms with van der Waals surface area (Å²) in [5, 5.41) is 3.04. The minimum absolute atomic E-state index is 0.00149. The van der Waals surface area contributed by atoms with E-state index in [2.05, 4.69) is 5.32 Å². The largest absolute Gasteiger partial charge is 0.493 e. The molecule has 3 atom stereocenters. The molecule has 0 spiro atoms. The van der Waals surface area contributed by atoms with Crippen LogP contribution >= 0.6 is 0 Å². The fourth-order valence-corrected chi connectivity index (χ4v) is 4.33. The second kappa shape index (κ2) is 9.91. The average molecular weight is 418 g/mol. The Balaban J connectivity index is 1.99. The molecule has 3 rings (SSSR count). The highest BCUT2D eigenvalue weighted by Crippen LogP contribution is 2.35. The van der Waals surface area contributed by atoms with E-state index in [1.54, 1.807) is 20.3 Å². The number of carbonyl (C=O) groups excluding carboxylic acids is 1. The molecule has 2 aromatic carbocycles. The monoisotopic (exact) mass is 417 g/mol. The summed E-state index contributed by atoms with van der Waals surface area (Å²) < 4.78 is 30.3. The molecule has 1 unspecified atom stereocenters. The van der Waals surface area contributed by atoms with Gasteiger partial charge in [0.15, 0.2) is 11.5 Å². The molecule has 30 heavy (non-hydrogen) atoms. The number of rotatable bonds is 8. The number of hydrogen-bond donors (Lipinski definition) is 2. The van der Waals surface area contributed by atoms with E-state index in [1.165, 1.54) is 18.1 Å². The Bertz CT molecular complexity index is 890. The summed E-state index contributed by atoms with van der Waals surface area (Å²) in [4.78, 5) is 13.4. The molecule has 6 nitrogen and oxygen atoms in total. The number of carbonyl (C=O) groups is 1. The standard InChI is InChI=1S/C23H29FN2O4/c1-15(25-22(27)14-28-2)23-18-12-21(30-4)20(29-3)11-16(18)9-10-26(23)13-17-7-5-6-8-19(17)24/h5-8,11-12,15,23H,9-10,13-14H2,1-4H3,(H,25,27)/p+1/t15-,23-/m1/s1. The molecular weight excluding hydrogens is 387 g/mol. The fourth-order valence-electron chi connectivity index (χ4n) is 4.33. The van der Waals surface area contributed by atoms with E-state index in [4.69, 9.17) is 14.2 Å².